The van der Waals surface area contributed by atoms with Crippen LogP contribution >= 0.6 is 11.3 Å². The first kappa shape index (κ1) is 24.8. The maximum absolute atomic E-state index is 14.6. The van der Waals surface area contributed by atoms with Gasteiger partial charge in [-0.25, -0.2) is 4.39 Å². The monoisotopic (exact) mass is 524 g/mol. The molecule has 0 spiro atoms. The van der Waals surface area contributed by atoms with Crippen LogP contribution in [0.15, 0.2) is 29.3 Å². The molecule has 36 heavy (non-hydrogen) atoms. The van der Waals surface area contributed by atoms with Crippen LogP contribution in [0, 0.1) is 5.92 Å². The first-order chi connectivity index (χ1) is 17.2. The summed E-state index contributed by atoms with van der Waals surface area (Å²) in [7, 11) is 1.83. The van der Waals surface area contributed by atoms with E-state index in [9.17, 15) is 22.4 Å². The summed E-state index contributed by atoms with van der Waals surface area (Å²) in [4.78, 5) is 18.4. The van der Waals surface area contributed by atoms with Crippen molar-refractivity contribution in [2.24, 2.45) is 10.9 Å². The molecular weight excluding hydrogens is 500 g/mol. The highest BCUT2D eigenvalue weighted by Crippen LogP contribution is 2.37. The Hall–Kier alpha value is -2.90. The summed E-state index contributed by atoms with van der Waals surface area (Å²) in [6.07, 6.45) is -5.27. The molecule has 2 saturated heterocycles. The van der Waals surface area contributed by atoms with Gasteiger partial charge >= 0.3 is 6.18 Å². The molecule has 0 aliphatic carbocycles. The highest BCUT2D eigenvalue weighted by atomic mass is 32.1. The number of ether oxygens (including phenoxy) is 1. The number of carbonyl (C=O) groups excluding carboxylic acids is 1. The van der Waals surface area contributed by atoms with Gasteiger partial charge in [-0.2, -0.15) is 13.2 Å². The lowest BCUT2D eigenvalue weighted by atomic mass is 10.1. The molecule has 1 amide bonds. The summed E-state index contributed by atoms with van der Waals surface area (Å²) >= 11 is 1.11. The average molecular weight is 525 g/mol. The largest absolute Gasteiger partial charge is 0.406 e. The number of likely N-dealkylation sites (tertiary alicyclic amines) is 1. The molecule has 1 N–H and O–H groups in total. The quantitative estimate of drug-likeness (QED) is 0.497. The Morgan fingerprint density at radius 1 is 1.31 bits per heavy atom. The molecule has 0 radical (unpaired) electrons. The maximum atomic E-state index is 14.6. The van der Waals surface area contributed by atoms with Gasteiger partial charge in [0.15, 0.2) is 11.2 Å². The van der Waals surface area contributed by atoms with Crippen molar-refractivity contribution in [1.82, 2.24) is 25.0 Å². The molecule has 2 fully saturated rings. The minimum atomic E-state index is -4.48. The average Bonchev–Trinajstić information content (AvgIpc) is 3.37. The second kappa shape index (κ2) is 9.87. The van der Waals surface area contributed by atoms with Crippen LogP contribution < -0.4 is 5.32 Å². The molecule has 2 aromatic heterocycles. The zero-order chi connectivity index (χ0) is 25.4. The van der Waals surface area contributed by atoms with Crippen LogP contribution in [0.1, 0.15) is 11.4 Å². The zero-order valence-electron chi connectivity index (χ0n) is 19.4. The second-order valence-corrected chi connectivity index (χ2v) is 10.0. The third kappa shape index (κ3) is 5.27. The topological polar surface area (TPSA) is 84.6 Å². The van der Waals surface area contributed by atoms with Crippen molar-refractivity contribution in [3.8, 4) is 10.7 Å². The summed E-state index contributed by atoms with van der Waals surface area (Å²) in [5.74, 6) is -0.353. The van der Waals surface area contributed by atoms with Crippen LogP contribution in [0.5, 0.6) is 0 Å². The van der Waals surface area contributed by atoms with Gasteiger partial charge in [-0.3, -0.25) is 9.79 Å². The summed E-state index contributed by atoms with van der Waals surface area (Å²) < 4.78 is 61.3. The number of rotatable bonds is 6. The third-order valence-electron chi connectivity index (χ3n) is 6.22. The highest BCUT2D eigenvalue weighted by molar-refractivity contribution is 7.14. The Balaban J connectivity index is 1.49. The second-order valence-electron chi connectivity index (χ2n) is 8.98. The maximum Gasteiger partial charge on any atom is 0.406 e. The minimum Gasteiger partial charge on any atom is -0.380 e. The van der Waals surface area contributed by atoms with Gasteiger partial charge in [-0.05, 0) is 25.2 Å². The fraction of sp³-hybridized carbons (Fsp3) is 0.478. The van der Waals surface area contributed by atoms with Gasteiger partial charge in [0, 0.05) is 24.9 Å². The number of alkyl halides is 4. The standard InChI is InChI=1S/C23H24F4N6O2S/c1-32-6-5-17(15(24)9-32)29-16-3-2-4-18-14(16)7-19(33(18)12-23(25,26)27)22-31-30-20(36-22)8-28-21(34)13-10-35-11-13/h2-4,7,13,15H,5-6,8-12H2,1H3,(H,28,34)/t15-/m0/s1. The van der Waals surface area contributed by atoms with Crippen molar-refractivity contribution < 1.29 is 27.1 Å². The number of halogens is 4. The molecule has 2 aliphatic heterocycles. The third-order valence-corrected chi connectivity index (χ3v) is 7.16. The van der Waals surface area contributed by atoms with Gasteiger partial charge in [0.05, 0.1) is 48.3 Å². The van der Waals surface area contributed by atoms with E-state index < -0.39 is 18.9 Å². The lowest BCUT2D eigenvalue weighted by molar-refractivity contribution is -0.140. The van der Waals surface area contributed by atoms with E-state index in [-0.39, 0.29) is 35.6 Å². The summed E-state index contributed by atoms with van der Waals surface area (Å²) in [5, 5.41) is 12.1. The van der Waals surface area contributed by atoms with Gasteiger partial charge < -0.3 is 19.5 Å². The van der Waals surface area contributed by atoms with Crippen LogP contribution in [0.4, 0.5) is 23.2 Å². The number of benzene rings is 1. The molecule has 2 aliphatic rings. The molecule has 13 heteroatoms. The predicted octanol–water partition coefficient (Wildman–Crippen LogP) is 3.73. The number of aliphatic imine (C=N–C) groups is 1. The molecule has 5 rings (SSSR count). The summed E-state index contributed by atoms with van der Waals surface area (Å²) in [6, 6.07) is 6.47. The number of carbonyl (C=O) groups is 1. The smallest absolute Gasteiger partial charge is 0.380 e. The van der Waals surface area contributed by atoms with E-state index in [4.69, 9.17) is 4.74 Å². The number of aromatic nitrogens is 3. The number of nitrogens with one attached hydrogen (secondary N) is 1. The fourth-order valence-electron chi connectivity index (χ4n) is 4.23. The molecule has 1 atom stereocenters. The van der Waals surface area contributed by atoms with E-state index in [1.165, 1.54) is 0 Å². The van der Waals surface area contributed by atoms with Gasteiger partial charge in [-0.1, -0.05) is 17.4 Å². The van der Waals surface area contributed by atoms with Gasteiger partial charge in [0.1, 0.15) is 11.6 Å². The van der Waals surface area contributed by atoms with E-state index in [2.05, 4.69) is 20.5 Å². The lowest BCUT2D eigenvalue weighted by Gasteiger charge is -2.26. The van der Waals surface area contributed by atoms with Crippen molar-refractivity contribution in [2.75, 3.05) is 33.4 Å². The van der Waals surface area contributed by atoms with E-state index in [0.717, 1.165) is 15.9 Å². The van der Waals surface area contributed by atoms with Crippen molar-refractivity contribution in [1.29, 1.82) is 0 Å². The predicted molar refractivity (Wildman–Crippen MR) is 127 cm³/mol. The van der Waals surface area contributed by atoms with Crippen LogP contribution in [-0.4, -0.2) is 77.0 Å². The van der Waals surface area contributed by atoms with Crippen molar-refractivity contribution in [3.05, 3.63) is 29.3 Å². The Morgan fingerprint density at radius 3 is 2.81 bits per heavy atom. The van der Waals surface area contributed by atoms with Crippen LogP contribution in [0.3, 0.4) is 0 Å². The van der Waals surface area contributed by atoms with Gasteiger partial charge in [-0.15, -0.1) is 10.2 Å². The summed E-state index contributed by atoms with van der Waals surface area (Å²) in [5.41, 5.74) is 1.35. The molecule has 0 unspecified atom stereocenters. The number of hydrogen-bond acceptors (Lipinski definition) is 7. The molecule has 192 valence electrons. The van der Waals surface area contributed by atoms with E-state index >= 15 is 0 Å². The molecular formula is C23H24F4N6O2S. The number of nitrogens with zero attached hydrogens (tertiary/aromatic N) is 5. The first-order valence-electron chi connectivity index (χ1n) is 11.5. The molecule has 1 aromatic carbocycles. The molecule has 8 nitrogen and oxygen atoms in total. The van der Waals surface area contributed by atoms with Crippen LogP contribution in [-0.2, 0) is 22.6 Å². The molecule has 0 bridgehead atoms. The number of hydrogen-bond donors (Lipinski definition) is 1. The SMILES string of the molecule is CN1CCC(=Nc2cccc3c2cc(-c2nnc(CNC(=O)C4COC4)s2)n3CC(F)(F)F)[C@@H](F)C1. The molecule has 3 aromatic rings. The Bertz CT molecular complexity index is 1300. The van der Waals surface area contributed by atoms with Crippen molar-refractivity contribution in [2.45, 2.75) is 31.9 Å². The zero-order valence-corrected chi connectivity index (χ0v) is 20.2. The van der Waals surface area contributed by atoms with Gasteiger partial charge in [0.2, 0.25) is 5.91 Å². The minimum absolute atomic E-state index is 0.123. The molecule has 4 heterocycles. The Morgan fingerprint density at radius 2 is 2.11 bits per heavy atom. The van der Waals surface area contributed by atoms with E-state index in [1.54, 1.807) is 24.3 Å². The highest BCUT2D eigenvalue weighted by Gasteiger charge is 2.31. The normalized spacial score (nSPS) is 20.7. The fourth-order valence-corrected chi connectivity index (χ4v) is 5.03. The molecule has 0 saturated carbocycles. The number of amides is 1. The van der Waals surface area contributed by atoms with Crippen LogP contribution in [0.25, 0.3) is 21.6 Å². The van der Waals surface area contributed by atoms with Crippen molar-refractivity contribution >= 4 is 39.5 Å². The van der Waals surface area contributed by atoms with Crippen molar-refractivity contribution in [3.63, 3.8) is 0 Å². The lowest BCUT2D eigenvalue weighted by Crippen LogP contribution is -2.41. The Kier molecular flexibility index (Phi) is 6.79. The van der Waals surface area contributed by atoms with E-state index in [0.29, 0.717) is 53.5 Å². The summed E-state index contributed by atoms with van der Waals surface area (Å²) in [6.45, 7) is 0.530. The first-order valence-corrected chi connectivity index (χ1v) is 12.3. The van der Waals surface area contributed by atoms with E-state index in [1.807, 2.05) is 11.9 Å². The number of fused-ring (bicyclic) bond motifs is 1. The van der Waals surface area contributed by atoms with Gasteiger partial charge in [0.25, 0.3) is 0 Å². The Labute approximate surface area is 208 Å². The number of piperidine rings is 1. The van der Waals surface area contributed by atoms with Crippen LogP contribution in [0.2, 0.25) is 0 Å².